The first-order chi connectivity index (χ1) is 9.78. The molecule has 0 bridgehead atoms. The molecule has 0 aliphatic carbocycles. The number of anilines is 1. The third kappa shape index (κ3) is 2.67. The SMILES string of the molecule is CCCC1CCN(C(=O)C2CNc3ccccc3C2)C1. The van der Waals surface area contributed by atoms with Crippen LogP contribution in [0.2, 0.25) is 0 Å². The summed E-state index contributed by atoms with van der Waals surface area (Å²) in [7, 11) is 0. The molecule has 3 nitrogen and oxygen atoms in total. The Morgan fingerprint density at radius 1 is 1.40 bits per heavy atom. The maximum absolute atomic E-state index is 12.6. The maximum atomic E-state index is 12.6. The highest BCUT2D eigenvalue weighted by Gasteiger charge is 2.32. The number of amides is 1. The number of nitrogens with one attached hydrogen (secondary N) is 1. The summed E-state index contributed by atoms with van der Waals surface area (Å²) >= 11 is 0. The number of likely N-dealkylation sites (tertiary alicyclic amines) is 1. The fourth-order valence-electron chi connectivity index (χ4n) is 3.55. The van der Waals surface area contributed by atoms with E-state index in [2.05, 4.69) is 35.3 Å². The van der Waals surface area contributed by atoms with Gasteiger partial charge in [-0.15, -0.1) is 0 Å². The molecule has 3 rings (SSSR count). The molecule has 20 heavy (non-hydrogen) atoms. The Labute approximate surface area is 121 Å². The molecule has 2 heterocycles. The van der Waals surface area contributed by atoms with Gasteiger partial charge in [0.2, 0.25) is 5.91 Å². The fraction of sp³-hybridized carbons (Fsp3) is 0.588. The molecule has 2 unspecified atom stereocenters. The molecule has 1 saturated heterocycles. The highest BCUT2D eigenvalue weighted by molar-refractivity contribution is 5.81. The molecule has 1 amide bonds. The van der Waals surface area contributed by atoms with Crippen molar-refractivity contribution in [1.82, 2.24) is 4.90 Å². The van der Waals surface area contributed by atoms with Crippen LogP contribution in [0.1, 0.15) is 31.7 Å². The van der Waals surface area contributed by atoms with E-state index in [0.29, 0.717) is 5.91 Å². The van der Waals surface area contributed by atoms with Crippen LogP contribution >= 0.6 is 0 Å². The summed E-state index contributed by atoms with van der Waals surface area (Å²) in [6, 6.07) is 8.33. The number of para-hydroxylation sites is 1. The monoisotopic (exact) mass is 272 g/mol. The van der Waals surface area contributed by atoms with Gasteiger partial charge in [-0.3, -0.25) is 4.79 Å². The minimum absolute atomic E-state index is 0.116. The molecule has 0 saturated carbocycles. The summed E-state index contributed by atoms with van der Waals surface area (Å²) in [5.74, 6) is 1.20. The van der Waals surface area contributed by atoms with Gasteiger partial charge >= 0.3 is 0 Å². The summed E-state index contributed by atoms with van der Waals surface area (Å²) in [4.78, 5) is 14.7. The van der Waals surface area contributed by atoms with Crippen molar-refractivity contribution in [3.63, 3.8) is 0 Å². The smallest absolute Gasteiger partial charge is 0.227 e. The summed E-state index contributed by atoms with van der Waals surface area (Å²) in [5, 5.41) is 3.41. The molecule has 3 heteroatoms. The number of rotatable bonds is 3. The van der Waals surface area contributed by atoms with Crippen molar-refractivity contribution in [2.75, 3.05) is 25.0 Å². The van der Waals surface area contributed by atoms with Gasteiger partial charge in [0.25, 0.3) is 0 Å². The predicted octanol–water partition coefficient (Wildman–Crippen LogP) is 2.92. The van der Waals surface area contributed by atoms with Gasteiger partial charge in [-0.05, 0) is 36.8 Å². The molecule has 2 atom stereocenters. The lowest BCUT2D eigenvalue weighted by atomic mass is 9.93. The lowest BCUT2D eigenvalue weighted by molar-refractivity contribution is -0.134. The standard InChI is InChI=1S/C17H24N2O/c1-2-5-13-8-9-19(12-13)17(20)15-10-14-6-3-4-7-16(14)18-11-15/h3-4,6-7,13,15,18H,2,5,8-12H2,1H3. The number of nitrogens with zero attached hydrogens (tertiary/aromatic N) is 1. The first kappa shape index (κ1) is 13.5. The Kier molecular flexibility index (Phi) is 3.95. The number of carbonyl (C=O) groups excluding carboxylic acids is 1. The van der Waals surface area contributed by atoms with Gasteiger partial charge in [0.05, 0.1) is 5.92 Å². The topological polar surface area (TPSA) is 32.3 Å². The highest BCUT2D eigenvalue weighted by Crippen LogP contribution is 2.28. The summed E-state index contributed by atoms with van der Waals surface area (Å²) in [5.41, 5.74) is 2.48. The second-order valence-corrected chi connectivity index (χ2v) is 6.17. The Bertz CT molecular complexity index is 486. The van der Waals surface area contributed by atoms with E-state index in [0.717, 1.165) is 32.0 Å². The Morgan fingerprint density at radius 3 is 3.10 bits per heavy atom. The van der Waals surface area contributed by atoms with E-state index in [1.165, 1.54) is 30.5 Å². The third-order valence-electron chi connectivity index (χ3n) is 4.67. The average molecular weight is 272 g/mol. The zero-order valence-corrected chi connectivity index (χ0v) is 12.3. The van der Waals surface area contributed by atoms with Crippen molar-refractivity contribution in [2.45, 2.75) is 32.6 Å². The first-order valence-corrected chi connectivity index (χ1v) is 7.88. The number of hydrogen-bond donors (Lipinski definition) is 1. The quantitative estimate of drug-likeness (QED) is 0.917. The molecular formula is C17H24N2O. The normalized spacial score (nSPS) is 25.1. The Morgan fingerprint density at radius 2 is 2.25 bits per heavy atom. The molecule has 108 valence electrons. The zero-order chi connectivity index (χ0) is 13.9. The van der Waals surface area contributed by atoms with E-state index in [-0.39, 0.29) is 5.92 Å². The van der Waals surface area contributed by atoms with Gasteiger partial charge in [0.1, 0.15) is 0 Å². The second-order valence-electron chi connectivity index (χ2n) is 6.17. The molecule has 1 aromatic rings. The first-order valence-electron chi connectivity index (χ1n) is 7.88. The summed E-state index contributed by atoms with van der Waals surface area (Å²) in [6.07, 6.45) is 4.56. The van der Waals surface area contributed by atoms with Crippen molar-refractivity contribution in [2.24, 2.45) is 11.8 Å². The van der Waals surface area contributed by atoms with E-state index in [4.69, 9.17) is 0 Å². The molecule has 0 radical (unpaired) electrons. The van der Waals surface area contributed by atoms with E-state index < -0.39 is 0 Å². The maximum Gasteiger partial charge on any atom is 0.227 e. The number of carbonyl (C=O) groups is 1. The molecular weight excluding hydrogens is 248 g/mol. The van der Waals surface area contributed by atoms with Gasteiger partial charge in [0.15, 0.2) is 0 Å². The van der Waals surface area contributed by atoms with E-state index in [9.17, 15) is 4.79 Å². The molecule has 2 aliphatic rings. The van der Waals surface area contributed by atoms with Crippen molar-refractivity contribution in [3.05, 3.63) is 29.8 Å². The van der Waals surface area contributed by atoms with Gasteiger partial charge in [-0.25, -0.2) is 0 Å². The molecule has 1 N–H and O–H groups in total. The van der Waals surface area contributed by atoms with Crippen LogP contribution in [0.4, 0.5) is 5.69 Å². The Hall–Kier alpha value is -1.51. The van der Waals surface area contributed by atoms with Crippen LogP contribution in [0.15, 0.2) is 24.3 Å². The summed E-state index contributed by atoms with van der Waals surface area (Å²) < 4.78 is 0. The van der Waals surface area contributed by atoms with Crippen LogP contribution in [0.25, 0.3) is 0 Å². The number of hydrogen-bond acceptors (Lipinski definition) is 2. The lowest BCUT2D eigenvalue weighted by Gasteiger charge is -2.29. The van der Waals surface area contributed by atoms with Crippen molar-refractivity contribution >= 4 is 11.6 Å². The largest absolute Gasteiger partial charge is 0.384 e. The van der Waals surface area contributed by atoms with Crippen molar-refractivity contribution in [1.29, 1.82) is 0 Å². The van der Waals surface area contributed by atoms with Crippen LogP contribution < -0.4 is 5.32 Å². The lowest BCUT2D eigenvalue weighted by Crippen LogP contribution is -2.40. The predicted molar refractivity (Wildman–Crippen MR) is 81.7 cm³/mol. The van der Waals surface area contributed by atoms with Gasteiger partial charge < -0.3 is 10.2 Å². The minimum atomic E-state index is 0.116. The number of benzene rings is 1. The van der Waals surface area contributed by atoms with Crippen molar-refractivity contribution in [3.8, 4) is 0 Å². The molecule has 1 fully saturated rings. The van der Waals surface area contributed by atoms with Gasteiger partial charge in [0, 0.05) is 25.3 Å². The molecule has 0 aromatic heterocycles. The average Bonchev–Trinajstić information content (AvgIpc) is 2.95. The van der Waals surface area contributed by atoms with Crippen LogP contribution in [-0.2, 0) is 11.2 Å². The fourth-order valence-corrected chi connectivity index (χ4v) is 3.55. The van der Waals surface area contributed by atoms with Crippen LogP contribution in [0, 0.1) is 11.8 Å². The third-order valence-corrected chi connectivity index (χ3v) is 4.67. The van der Waals surface area contributed by atoms with Gasteiger partial charge in [-0.1, -0.05) is 31.5 Å². The van der Waals surface area contributed by atoms with Crippen molar-refractivity contribution < 1.29 is 4.79 Å². The van der Waals surface area contributed by atoms with Crippen LogP contribution in [0.5, 0.6) is 0 Å². The van der Waals surface area contributed by atoms with E-state index in [1.807, 2.05) is 6.07 Å². The Balaban J connectivity index is 1.62. The molecule has 0 spiro atoms. The van der Waals surface area contributed by atoms with E-state index >= 15 is 0 Å². The number of fused-ring (bicyclic) bond motifs is 1. The minimum Gasteiger partial charge on any atom is -0.384 e. The zero-order valence-electron chi connectivity index (χ0n) is 12.3. The summed E-state index contributed by atoms with van der Waals surface area (Å²) in [6.45, 7) is 4.95. The van der Waals surface area contributed by atoms with Gasteiger partial charge in [-0.2, -0.15) is 0 Å². The molecule has 1 aromatic carbocycles. The molecule has 2 aliphatic heterocycles. The second kappa shape index (κ2) is 5.86. The van der Waals surface area contributed by atoms with Crippen LogP contribution in [-0.4, -0.2) is 30.4 Å². The van der Waals surface area contributed by atoms with Crippen LogP contribution in [0.3, 0.4) is 0 Å². The van der Waals surface area contributed by atoms with E-state index in [1.54, 1.807) is 0 Å². The highest BCUT2D eigenvalue weighted by atomic mass is 16.2.